The van der Waals surface area contributed by atoms with Crippen LogP contribution < -0.4 is 5.32 Å². The van der Waals surface area contributed by atoms with Crippen LogP contribution in [0.25, 0.3) is 0 Å². The Hall–Kier alpha value is -1.99. The first-order valence-electron chi connectivity index (χ1n) is 37.7. The Morgan fingerprint density at radius 3 is 1.11 bits per heavy atom. The van der Waals surface area contributed by atoms with Crippen LogP contribution in [0.5, 0.6) is 0 Å². The number of hydrogen-bond donors (Lipinski definition) is 12. The van der Waals surface area contributed by atoms with Crippen LogP contribution in [0.1, 0.15) is 296 Å². The molecule has 93 heavy (non-hydrogen) atoms. The summed E-state index contributed by atoms with van der Waals surface area (Å²) in [6, 6.07) is -0.883. The zero-order chi connectivity index (χ0) is 67.5. The number of hydrogen-bond acceptors (Lipinski definition) is 18. The molecule has 0 spiro atoms. The van der Waals surface area contributed by atoms with E-state index in [4.69, 9.17) is 28.4 Å². The highest BCUT2D eigenvalue weighted by Crippen LogP contribution is 2.33. The van der Waals surface area contributed by atoms with Gasteiger partial charge in [-0.1, -0.05) is 275 Å². The highest BCUT2D eigenvalue weighted by molar-refractivity contribution is 5.76. The van der Waals surface area contributed by atoms with Gasteiger partial charge in [-0.2, -0.15) is 0 Å². The van der Waals surface area contributed by atoms with Gasteiger partial charge in [-0.25, -0.2) is 0 Å². The fraction of sp³-hybridized carbons (Fsp3) is 0.905. The van der Waals surface area contributed by atoms with Crippen LogP contribution in [0.2, 0.25) is 0 Å². The van der Waals surface area contributed by atoms with E-state index in [0.29, 0.717) is 12.8 Å². The van der Waals surface area contributed by atoms with Gasteiger partial charge in [0, 0.05) is 6.42 Å². The van der Waals surface area contributed by atoms with Crippen molar-refractivity contribution in [1.82, 2.24) is 5.32 Å². The average Bonchev–Trinajstić information content (AvgIpc) is 0.828. The normalized spacial score (nSPS) is 27.7. The molecule has 19 heteroatoms. The van der Waals surface area contributed by atoms with E-state index in [1.165, 1.54) is 205 Å². The second-order valence-electron chi connectivity index (χ2n) is 27.1. The van der Waals surface area contributed by atoms with Crippen molar-refractivity contribution in [2.75, 3.05) is 26.4 Å². The van der Waals surface area contributed by atoms with E-state index in [1.807, 2.05) is 0 Å². The van der Waals surface area contributed by atoms with Crippen molar-refractivity contribution in [2.24, 2.45) is 0 Å². The summed E-state index contributed by atoms with van der Waals surface area (Å²) in [6.45, 7) is 1.77. The third-order valence-corrected chi connectivity index (χ3v) is 19.0. The van der Waals surface area contributed by atoms with Crippen LogP contribution in [0.4, 0.5) is 0 Å². The number of rotatable bonds is 59. The number of amides is 1. The molecule has 19 nitrogen and oxygen atoms in total. The molecule has 3 aliphatic rings. The minimum absolute atomic E-state index is 0.241. The zero-order valence-corrected chi connectivity index (χ0v) is 58.0. The van der Waals surface area contributed by atoms with Crippen molar-refractivity contribution in [3.05, 3.63) is 36.5 Å². The van der Waals surface area contributed by atoms with Gasteiger partial charge in [0.05, 0.1) is 38.6 Å². The third-order valence-electron chi connectivity index (χ3n) is 19.0. The number of unbranched alkanes of at least 4 members (excludes halogenated alkanes) is 37. The van der Waals surface area contributed by atoms with Crippen molar-refractivity contribution < 1.29 is 89.4 Å². The SMILES string of the molecule is CCCCCCC/C=C\C/C=C\C/C=C\CCCCCCCCCCCCCCCCCCCCCCCCCCC(=O)NC(COC1OC(CO)C(OC2OC(CO)C(OC3OC(CO)C(O)C(O)C3O)C(O)C2O)C(O)C1O)C(O)CCCCCCCCCCC. The van der Waals surface area contributed by atoms with Gasteiger partial charge < -0.3 is 89.9 Å². The zero-order valence-electron chi connectivity index (χ0n) is 58.0. The molecule has 0 aromatic rings. The van der Waals surface area contributed by atoms with E-state index in [2.05, 4.69) is 55.6 Å². The number of ether oxygens (including phenoxy) is 6. The summed E-state index contributed by atoms with van der Waals surface area (Å²) >= 11 is 0. The molecule has 0 saturated carbocycles. The summed E-state index contributed by atoms with van der Waals surface area (Å²) in [4.78, 5) is 13.4. The number of nitrogens with one attached hydrogen (secondary N) is 1. The monoisotopic (exact) mass is 1330 g/mol. The largest absolute Gasteiger partial charge is 0.394 e. The van der Waals surface area contributed by atoms with E-state index >= 15 is 0 Å². The molecular weight excluding hydrogens is 1190 g/mol. The molecule has 3 rings (SSSR count). The Bertz CT molecular complexity index is 1830. The Balaban J connectivity index is 1.25. The predicted octanol–water partition coefficient (Wildman–Crippen LogP) is 11.2. The number of aliphatic hydroxyl groups excluding tert-OH is 11. The summed E-state index contributed by atoms with van der Waals surface area (Å²) < 4.78 is 34.3. The molecule has 0 aliphatic carbocycles. The molecule has 0 radical (unpaired) electrons. The highest BCUT2D eigenvalue weighted by Gasteiger charge is 2.53. The smallest absolute Gasteiger partial charge is 0.220 e. The molecule has 0 bridgehead atoms. The first kappa shape index (κ1) is 85.2. The van der Waals surface area contributed by atoms with Crippen molar-refractivity contribution in [3.8, 4) is 0 Å². The molecule has 17 atom stereocenters. The fourth-order valence-electron chi connectivity index (χ4n) is 12.9. The molecule has 3 fully saturated rings. The van der Waals surface area contributed by atoms with Gasteiger partial charge in [-0.05, 0) is 51.4 Å². The topological polar surface area (TPSA) is 307 Å². The molecular formula is C74H137NO18. The summed E-state index contributed by atoms with van der Waals surface area (Å²) in [6.07, 6.45) is 40.1. The van der Waals surface area contributed by atoms with E-state index in [0.717, 1.165) is 57.8 Å². The molecule has 3 aliphatic heterocycles. The number of carbonyl (C=O) groups is 1. The molecule has 17 unspecified atom stereocenters. The molecule has 0 aromatic heterocycles. The molecule has 546 valence electrons. The number of allylic oxidation sites excluding steroid dienone is 6. The van der Waals surface area contributed by atoms with Gasteiger partial charge in [0.1, 0.15) is 73.2 Å². The van der Waals surface area contributed by atoms with Crippen molar-refractivity contribution >= 4 is 5.91 Å². The molecule has 0 aromatic carbocycles. The lowest BCUT2D eigenvalue weighted by Crippen LogP contribution is -2.66. The van der Waals surface area contributed by atoms with Gasteiger partial charge in [0.25, 0.3) is 0 Å². The minimum atomic E-state index is -1.97. The maximum Gasteiger partial charge on any atom is 0.220 e. The van der Waals surface area contributed by atoms with Crippen LogP contribution in [0.3, 0.4) is 0 Å². The predicted molar refractivity (Wildman–Crippen MR) is 365 cm³/mol. The van der Waals surface area contributed by atoms with Crippen LogP contribution in [0, 0.1) is 0 Å². The maximum atomic E-state index is 13.4. The van der Waals surface area contributed by atoms with Crippen LogP contribution >= 0.6 is 0 Å². The summed E-state index contributed by atoms with van der Waals surface area (Å²) in [5.41, 5.74) is 0. The molecule has 3 saturated heterocycles. The lowest BCUT2D eigenvalue weighted by molar-refractivity contribution is -0.379. The molecule has 1 amide bonds. The lowest BCUT2D eigenvalue weighted by atomic mass is 9.96. The summed E-state index contributed by atoms with van der Waals surface area (Å²) in [7, 11) is 0. The third kappa shape index (κ3) is 37.1. The Morgan fingerprint density at radius 1 is 0.387 bits per heavy atom. The van der Waals surface area contributed by atoms with E-state index in [-0.39, 0.29) is 18.9 Å². The Labute approximate surface area is 561 Å². The van der Waals surface area contributed by atoms with Crippen molar-refractivity contribution in [2.45, 2.75) is 401 Å². The van der Waals surface area contributed by atoms with E-state index in [1.54, 1.807) is 0 Å². The minimum Gasteiger partial charge on any atom is -0.394 e. The summed E-state index contributed by atoms with van der Waals surface area (Å²) in [5.74, 6) is -0.241. The molecule has 12 N–H and O–H groups in total. The number of carbonyl (C=O) groups excluding carboxylic acids is 1. The average molecular weight is 1330 g/mol. The Kier molecular flexibility index (Phi) is 51.2. The fourth-order valence-corrected chi connectivity index (χ4v) is 12.9. The second kappa shape index (κ2) is 55.8. The standard InChI is InChI=1S/C74H137NO18/c1-3-5-7-9-11-13-14-15-16-17-18-19-20-21-22-23-24-25-26-27-28-29-30-31-32-33-34-35-36-37-38-39-40-41-42-44-46-48-50-52-62(80)75-57(58(79)51-49-47-45-43-12-10-8-6-4-2)56-88-72-68(86)65(83)70(60(54-77)90-72)93-74-69(87)66(84)71(61(55-78)91-74)92-73-67(85)64(82)63(81)59(53-76)89-73/h14-15,17-18,20-21,57-61,63-74,76-79,81-87H,3-13,16,19,22-56H2,1-2H3,(H,75,80)/b15-14-,18-17-,21-20-. The van der Waals surface area contributed by atoms with Gasteiger partial charge in [-0.3, -0.25) is 4.79 Å². The summed E-state index contributed by atoms with van der Waals surface area (Å²) in [5, 5.41) is 120. The van der Waals surface area contributed by atoms with Gasteiger partial charge in [0.2, 0.25) is 5.91 Å². The van der Waals surface area contributed by atoms with Gasteiger partial charge in [-0.15, -0.1) is 0 Å². The maximum absolute atomic E-state index is 13.4. The van der Waals surface area contributed by atoms with Crippen LogP contribution in [-0.4, -0.2) is 193 Å². The molecule has 3 heterocycles. The quantitative estimate of drug-likeness (QED) is 0.0199. The van der Waals surface area contributed by atoms with Crippen LogP contribution in [-0.2, 0) is 33.2 Å². The van der Waals surface area contributed by atoms with Crippen molar-refractivity contribution in [3.63, 3.8) is 0 Å². The van der Waals surface area contributed by atoms with Crippen molar-refractivity contribution in [1.29, 1.82) is 0 Å². The highest BCUT2D eigenvalue weighted by atomic mass is 16.8. The number of aliphatic hydroxyl groups is 11. The lowest BCUT2D eigenvalue weighted by Gasteiger charge is -2.48. The second-order valence-corrected chi connectivity index (χ2v) is 27.1. The van der Waals surface area contributed by atoms with Gasteiger partial charge >= 0.3 is 0 Å². The van der Waals surface area contributed by atoms with E-state index < -0.39 is 124 Å². The first-order valence-corrected chi connectivity index (χ1v) is 37.7. The van der Waals surface area contributed by atoms with Gasteiger partial charge in [0.15, 0.2) is 18.9 Å². The van der Waals surface area contributed by atoms with E-state index in [9.17, 15) is 61.0 Å². The first-order chi connectivity index (χ1) is 45.3. The van der Waals surface area contributed by atoms with Crippen LogP contribution in [0.15, 0.2) is 36.5 Å². The Morgan fingerprint density at radius 2 is 0.710 bits per heavy atom.